The van der Waals surface area contributed by atoms with Gasteiger partial charge >= 0.3 is 5.97 Å². The third kappa shape index (κ3) is 3.28. The molecule has 0 fully saturated rings. The molecule has 0 aliphatic rings. The van der Waals surface area contributed by atoms with Crippen molar-refractivity contribution < 1.29 is 19.1 Å². The van der Waals surface area contributed by atoms with Crippen molar-refractivity contribution in [1.29, 1.82) is 0 Å². The quantitative estimate of drug-likeness (QED) is 0.627. The minimum absolute atomic E-state index is 0.124. The fourth-order valence-corrected chi connectivity index (χ4v) is 2.67. The van der Waals surface area contributed by atoms with Gasteiger partial charge in [-0.2, -0.15) is 0 Å². The van der Waals surface area contributed by atoms with E-state index in [4.69, 9.17) is 9.47 Å². The topological polar surface area (TPSA) is 57.5 Å². The molecule has 0 saturated heterocycles. The average Bonchev–Trinajstić information content (AvgIpc) is 2.79. The summed E-state index contributed by atoms with van der Waals surface area (Å²) in [5.74, 6) is 0.226. The lowest BCUT2D eigenvalue weighted by molar-refractivity contribution is -0.142. The Morgan fingerprint density at radius 1 is 1.30 bits per heavy atom. The summed E-state index contributed by atoms with van der Waals surface area (Å²) < 4.78 is 11.9. The first-order valence-corrected chi connectivity index (χ1v) is 7.54. The van der Waals surface area contributed by atoms with Gasteiger partial charge in [-0.05, 0) is 50.6 Å². The van der Waals surface area contributed by atoms with Crippen molar-refractivity contribution in [2.24, 2.45) is 0 Å². The molecule has 1 heterocycles. The molecule has 0 radical (unpaired) electrons. The lowest BCUT2D eigenvalue weighted by Gasteiger charge is -2.04. The first kappa shape index (κ1) is 16.8. The average molecular weight is 315 g/mol. The smallest absolute Gasteiger partial charge is 0.310 e. The van der Waals surface area contributed by atoms with Gasteiger partial charge in [0, 0.05) is 11.1 Å². The first-order chi connectivity index (χ1) is 11.0. The van der Waals surface area contributed by atoms with Crippen LogP contribution < -0.4 is 4.74 Å². The molecule has 0 aliphatic carbocycles. The second-order valence-electron chi connectivity index (χ2n) is 5.10. The SMILES string of the molecule is CC=CC(=O)n1c(C)c(CC(=O)OCC)c2cc(OC)ccc21. The number of fused-ring (bicyclic) bond motifs is 1. The van der Waals surface area contributed by atoms with Crippen LogP contribution >= 0.6 is 0 Å². The number of allylic oxidation sites excluding steroid dienone is 2. The van der Waals surface area contributed by atoms with E-state index < -0.39 is 0 Å². The van der Waals surface area contributed by atoms with Crippen molar-refractivity contribution in [1.82, 2.24) is 4.57 Å². The van der Waals surface area contributed by atoms with Crippen LogP contribution in [0.5, 0.6) is 5.75 Å². The van der Waals surface area contributed by atoms with E-state index in [1.807, 2.05) is 19.1 Å². The van der Waals surface area contributed by atoms with Crippen molar-refractivity contribution in [2.45, 2.75) is 27.2 Å². The van der Waals surface area contributed by atoms with Crippen molar-refractivity contribution >= 4 is 22.8 Å². The zero-order valence-corrected chi connectivity index (χ0v) is 13.9. The molecule has 0 saturated carbocycles. The Balaban J connectivity index is 2.65. The molecule has 2 rings (SSSR count). The minimum Gasteiger partial charge on any atom is -0.497 e. The van der Waals surface area contributed by atoms with Crippen LogP contribution in [0.1, 0.15) is 29.9 Å². The molecule has 23 heavy (non-hydrogen) atoms. The Hall–Kier alpha value is -2.56. The highest BCUT2D eigenvalue weighted by atomic mass is 16.5. The van der Waals surface area contributed by atoms with Gasteiger partial charge in [-0.25, -0.2) is 0 Å². The van der Waals surface area contributed by atoms with E-state index in [1.54, 1.807) is 37.7 Å². The number of aromatic nitrogens is 1. The zero-order chi connectivity index (χ0) is 17.0. The molecular weight excluding hydrogens is 294 g/mol. The summed E-state index contributed by atoms with van der Waals surface area (Å²) in [4.78, 5) is 24.3. The lowest BCUT2D eigenvalue weighted by Crippen LogP contribution is -2.11. The number of rotatable bonds is 5. The van der Waals surface area contributed by atoms with Gasteiger partial charge in [0.15, 0.2) is 0 Å². The third-order valence-corrected chi connectivity index (χ3v) is 3.70. The number of hydrogen-bond donors (Lipinski definition) is 0. The predicted octanol–water partition coefficient (Wildman–Crippen LogP) is 3.28. The molecule has 0 spiro atoms. The Labute approximate surface area is 135 Å². The van der Waals surface area contributed by atoms with Crippen LogP contribution in [-0.2, 0) is 16.0 Å². The molecule has 5 heteroatoms. The molecule has 1 aromatic carbocycles. The summed E-state index contributed by atoms with van der Waals surface area (Å²) in [5.41, 5.74) is 2.28. The number of methoxy groups -OCH3 is 1. The molecule has 122 valence electrons. The van der Waals surface area contributed by atoms with Crippen LogP contribution in [0, 0.1) is 6.92 Å². The number of carbonyl (C=O) groups is 2. The molecular formula is C18H21NO4. The van der Waals surface area contributed by atoms with Gasteiger partial charge in [0.1, 0.15) is 5.75 Å². The fraction of sp³-hybridized carbons (Fsp3) is 0.333. The lowest BCUT2D eigenvalue weighted by atomic mass is 10.1. The number of carbonyl (C=O) groups excluding carboxylic acids is 2. The number of hydrogen-bond acceptors (Lipinski definition) is 4. The number of benzene rings is 1. The number of esters is 1. The van der Waals surface area contributed by atoms with Crippen molar-refractivity contribution in [3.05, 3.63) is 41.6 Å². The van der Waals surface area contributed by atoms with Crippen LogP contribution in [-0.4, -0.2) is 30.2 Å². The molecule has 5 nitrogen and oxygen atoms in total. The van der Waals surface area contributed by atoms with Crippen LogP contribution in [0.3, 0.4) is 0 Å². The molecule has 0 N–H and O–H groups in total. The third-order valence-electron chi connectivity index (χ3n) is 3.70. The van der Waals surface area contributed by atoms with Gasteiger partial charge in [-0.1, -0.05) is 6.08 Å². The van der Waals surface area contributed by atoms with Crippen LogP contribution in [0.25, 0.3) is 10.9 Å². The van der Waals surface area contributed by atoms with Gasteiger partial charge in [0.05, 0.1) is 25.7 Å². The monoisotopic (exact) mass is 315 g/mol. The molecule has 0 unspecified atom stereocenters. The highest BCUT2D eigenvalue weighted by Gasteiger charge is 2.20. The number of nitrogens with zero attached hydrogens (tertiary/aromatic N) is 1. The van der Waals surface area contributed by atoms with E-state index in [9.17, 15) is 9.59 Å². The molecule has 0 amide bonds. The molecule has 1 aromatic heterocycles. The first-order valence-electron chi connectivity index (χ1n) is 7.54. The van der Waals surface area contributed by atoms with E-state index in [0.29, 0.717) is 12.4 Å². The van der Waals surface area contributed by atoms with Gasteiger partial charge in [-0.3, -0.25) is 14.2 Å². The molecule has 0 bridgehead atoms. The standard InChI is InChI=1S/C18H21NO4/c1-5-7-17(20)19-12(3)14(11-18(21)23-6-2)15-10-13(22-4)8-9-16(15)19/h5,7-10H,6,11H2,1-4H3. The second-order valence-corrected chi connectivity index (χ2v) is 5.10. The summed E-state index contributed by atoms with van der Waals surface area (Å²) in [6, 6.07) is 5.48. The Morgan fingerprint density at radius 3 is 2.65 bits per heavy atom. The van der Waals surface area contributed by atoms with Gasteiger partial charge < -0.3 is 9.47 Å². The highest BCUT2D eigenvalue weighted by molar-refractivity contribution is 6.02. The zero-order valence-electron chi connectivity index (χ0n) is 13.9. The van der Waals surface area contributed by atoms with Crippen molar-refractivity contribution in [3.63, 3.8) is 0 Å². The van der Waals surface area contributed by atoms with E-state index in [-0.39, 0.29) is 18.3 Å². The van der Waals surface area contributed by atoms with Gasteiger partial charge in [-0.15, -0.1) is 0 Å². The predicted molar refractivity (Wildman–Crippen MR) is 89.0 cm³/mol. The summed E-state index contributed by atoms with van der Waals surface area (Å²) in [6.07, 6.45) is 3.33. The molecule has 0 aliphatic heterocycles. The molecule has 2 aromatic rings. The summed E-state index contributed by atoms with van der Waals surface area (Å²) in [6.45, 7) is 5.73. The van der Waals surface area contributed by atoms with Gasteiger partial charge in [0.25, 0.3) is 5.91 Å². The fourth-order valence-electron chi connectivity index (χ4n) is 2.67. The summed E-state index contributed by atoms with van der Waals surface area (Å²) >= 11 is 0. The van der Waals surface area contributed by atoms with E-state index in [2.05, 4.69) is 0 Å². The summed E-state index contributed by atoms with van der Waals surface area (Å²) in [7, 11) is 1.58. The Kier molecular flexibility index (Phi) is 5.21. The Bertz CT molecular complexity index is 771. The largest absolute Gasteiger partial charge is 0.497 e. The highest BCUT2D eigenvalue weighted by Crippen LogP contribution is 2.30. The molecule has 0 atom stereocenters. The number of ether oxygens (including phenoxy) is 2. The second kappa shape index (κ2) is 7.13. The maximum Gasteiger partial charge on any atom is 0.310 e. The van der Waals surface area contributed by atoms with Crippen molar-refractivity contribution in [3.8, 4) is 5.75 Å². The van der Waals surface area contributed by atoms with Crippen LogP contribution in [0.4, 0.5) is 0 Å². The van der Waals surface area contributed by atoms with E-state index >= 15 is 0 Å². The maximum absolute atomic E-state index is 12.4. The van der Waals surface area contributed by atoms with Crippen molar-refractivity contribution in [2.75, 3.05) is 13.7 Å². The summed E-state index contributed by atoms with van der Waals surface area (Å²) in [5, 5.41) is 0.827. The van der Waals surface area contributed by atoms with E-state index in [1.165, 1.54) is 6.08 Å². The Morgan fingerprint density at radius 2 is 2.04 bits per heavy atom. The minimum atomic E-state index is -0.309. The van der Waals surface area contributed by atoms with Crippen LogP contribution in [0.15, 0.2) is 30.4 Å². The normalized spacial score (nSPS) is 11.1. The van der Waals surface area contributed by atoms with Gasteiger partial charge in [0.2, 0.25) is 0 Å². The van der Waals surface area contributed by atoms with Crippen LogP contribution in [0.2, 0.25) is 0 Å². The van der Waals surface area contributed by atoms with E-state index in [0.717, 1.165) is 22.2 Å². The maximum atomic E-state index is 12.4.